The van der Waals surface area contributed by atoms with Crippen LogP contribution >= 0.6 is 0 Å². The summed E-state index contributed by atoms with van der Waals surface area (Å²) < 4.78 is 5.80. The maximum Gasteiger partial charge on any atom is 0.126 e. The van der Waals surface area contributed by atoms with Crippen LogP contribution in [-0.4, -0.2) is 7.11 Å². The van der Waals surface area contributed by atoms with E-state index < -0.39 is 0 Å². The number of ether oxygens (including phenoxy) is 1. The number of rotatable bonds is 2. The van der Waals surface area contributed by atoms with Crippen LogP contribution < -0.4 is 4.74 Å². The third-order valence-corrected chi connectivity index (χ3v) is 4.19. The lowest BCUT2D eigenvalue weighted by Crippen LogP contribution is -2.14. The molecule has 2 aromatic rings. The minimum Gasteiger partial charge on any atom is -0.496 e. The van der Waals surface area contributed by atoms with Crippen LogP contribution in [0.4, 0.5) is 0 Å². The fourth-order valence-electron chi connectivity index (χ4n) is 3.14. The van der Waals surface area contributed by atoms with E-state index in [4.69, 9.17) is 4.74 Å². The van der Waals surface area contributed by atoms with Gasteiger partial charge in [0.05, 0.1) is 7.11 Å². The predicted molar refractivity (Wildman–Crippen MR) is 89.0 cm³/mol. The lowest BCUT2D eigenvalue weighted by molar-refractivity contribution is 0.392. The number of hydrogen-bond acceptors (Lipinski definition) is 1. The molecule has 1 unspecified atom stereocenters. The average Bonchev–Trinajstić information content (AvgIpc) is 2.89. The summed E-state index contributed by atoms with van der Waals surface area (Å²) in [6.07, 6.45) is 4.48. The molecular formula is C20H22O. The molecule has 108 valence electrons. The number of methoxy groups -OCH3 is 1. The van der Waals surface area contributed by atoms with Gasteiger partial charge in [-0.25, -0.2) is 0 Å². The van der Waals surface area contributed by atoms with Gasteiger partial charge in [-0.2, -0.15) is 0 Å². The Kier molecular flexibility index (Phi) is 3.36. The van der Waals surface area contributed by atoms with Gasteiger partial charge in [0.2, 0.25) is 0 Å². The van der Waals surface area contributed by atoms with E-state index in [-0.39, 0.29) is 5.41 Å². The Hall–Kier alpha value is -2.02. The zero-order valence-electron chi connectivity index (χ0n) is 13.2. The van der Waals surface area contributed by atoms with E-state index in [2.05, 4.69) is 75.4 Å². The van der Waals surface area contributed by atoms with Crippen molar-refractivity contribution in [2.75, 3.05) is 7.11 Å². The molecule has 3 rings (SSSR count). The third-order valence-electron chi connectivity index (χ3n) is 4.19. The van der Waals surface area contributed by atoms with Gasteiger partial charge in [-0.3, -0.25) is 0 Å². The molecule has 0 saturated carbocycles. The van der Waals surface area contributed by atoms with Crippen LogP contribution in [0.15, 0.2) is 48.5 Å². The molecule has 1 aliphatic carbocycles. The third kappa shape index (κ3) is 2.37. The lowest BCUT2D eigenvalue weighted by Gasteiger charge is -2.25. The van der Waals surface area contributed by atoms with Crippen LogP contribution in [0.3, 0.4) is 0 Å². The maximum absolute atomic E-state index is 5.80. The van der Waals surface area contributed by atoms with Gasteiger partial charge in [0.1, 0.15) is 5.75 Å². The minimum atomic E-state index is 0.0726. The van der Waals surface area contributed by atoms with Gasteiger partial charge < -0.3 is 4.74 Å². The largest absolute Gasteiger partial charge is 0.496 e. The number of allylic oxidation sites excluding steroid dienone is 1. The molecule has 0 aromatic heterocycles. The summed E-state index contributed by atoms with van der Waals surface area (Å²) >= 11 is 0. The van der Waals surface area contributed by atoms with E-state index in [1.807, 2.05) is 0 Å². The lowest BCUT2D eigenvalue weighted by atomic mass is 9.82. The van der Waals surface area contributed by atoms with Crippen molar-refractivity contribution >= 4 is 6.08 Å². The fourth-order valence-corrected chi connectivity index (χ4v) is 3.14. The average molecular weight is 278 g/mol. The Morgan fingerprint density at radius 3 is 2.33 bits per heavy atom. The van der Waals surface area contributed by atoms with Gasteiger partial charge in [-0.05, 0) is 22.1 Å². The summed E-state index contributed by atoms with van der Waals surface area (Å²) in [6.45, 7) is 6.69. The molecule has 2 aromatic carbocycles. The molecule has 1 nitrogen and oxygen atoms in total. The van der Waals surface area contributed by atoms with Crippen LogP contribution in [0.5, 0.6) is 5.75 Å². The highest BCUT2D eigenvalue weighted by Crippen LogP contribution is 2.43. The Balaban J connectivity index is 2.15. The number of para-hydroxylation sites is 1. The van der Waals surface area contributed by atoms with Crippen LogP contribution in [0.1, 0.15) is 48.9 Å². The second kappa shape index (κ2) is 5.07. The minimum absolute atomic E-state index is 0.0726. The quantitative estimate of drug-likeness (QED) is 0.738. The first-order chi connectivity index (χ1) is 10.0. The number of hydrogen-bond donors (Lipinski definition) is 0. The second-order valence-electron chi connectivity index (χ2n) is 6.64. The predicted octanol–water partition coefficient (Wildman–Crippen LogP) is 5.15. The fraction of sp³-hybridized carbons (Fsp3) is 0.300. The Bertz CT molecular complexity index is 689. The summed E-state index contributed by atoms with van der Waals surface area (Å²) in [5.41, 5.74) is 5.27. The van der Waals surface area contributed by atoms with E-state index in [9.17, 15) is 0 Å². The molecule has 1 atom stereocenters. The van der Waals surface area contributed by atoms with Crippen LogP contribution in [0.2, 0.25) is 0 Å². The van der Waals surface area contributed by atoms with Crippen molar-refractivity contribution in [3.8, 4) is 5.75 Å². The van der Waals surface area contributed by atoms with Gasteiger partial charge in [-0.15, -0.1) is 0 Å². The first-order valence-corrected chi connectivity index (χ1v) is 7.47. The van der Waals surface area contributed by atoms with Crippen molar-refractivity contribution in [3.63, 3.8) is 0 Å². The second-order valence-corrected chi connectivity index (χ2v) is 6.64. The number of benzene rings is 2. The molecule has 0 saturated heterocycles. The molecule has 1 aliphatic rings. The SMILES string of the molecule is COc1c(C2C=Cc3ccccc32)cccc1C(C)(C)C. The molecule has 0 N–H and O–H groups in total. The summed E-state index contributed by atoms with van der Waals surface area (Å²) in [7, 11) is 1.78. The van der Waals surface area contributed by atoms with Crippen molar-refractivity contribution in [3.05, 3.63) is 70.8 Å². The molecule has 21 heavy (non-hydrogen) atoms. The Labute approximate surface area is 127 Å². The van der Waals surface area contributed by atoms with Crippen molar-refractivity contribution < 1.29 is 4.74 Å². The summed E-state index contributed by atoms with van der Waals surface area (Å²) in [5, 5.41) is 0. The standard InChI is InChI=1S/C20H22O/c1-20(2,3)18-11-7-10-17(19(18)21-4)16-13-12-14-8-5-6-9-15(14)16/h5-13,16H,1-4H3. The van der Waals surface area contributed by atoms with E-state index in [0.29, 0.717) is 5.92 Å². The molecule has 0 aliphatic heterocycles. The van der Waals surface area contributed by atoms with Gasteiger partial charge in [0, 0.05) is 11.5 Å². The highest BCUT2D eigenvalue weighted by Gasteiger charge is 2.26. The van der Waals surface area contributed by atoms with Gasteiger partial charge >= 0.3 is 0 Å². The van der Waals surface area contributed by atoms with Crippen LogP contribution in [-0.2, 0) is 5.41 Å². The molecule has 0 bridgehead atoms. The summed E-state index contributed by atoms with van der Waals surface area (Å²) in [4.78, 5) is 0. The van der Waals surface area contributed by atoms with Crippen molar-refractivity contribution in [1.29, 1.82) is 0 Å². The van der Waals surface area contributed by atoms with Gasteiger partial charge in [-0.1, -0.05) is 75.4 Å². The molecule has 0 radical (unpaired) electrons. The number of fused-ring (bicyclic) bond motifs is 1. The molecule has 0 fully saturated rings. The van der Waals surface area contributed by atoms with Crippen molar-refractivity contribution in [1.82, 2.24) is 0 Å². The van der Waals surface area contributed by atoms with Crippen molar-refractivity contribution in [2.24, 2.45) is 0 Å². The Morgan fingerprint density at radius 2 is 1.62 bits per heavy atom. The smallest absolute Gasteiger partial charge is 0.126 e. The van der Waals surface area contributed by atoms with E-state index >= 15 is 0 Å². The monoisotopic (exact) mass is 278 g/mol. The topological polar surface area (TPSA) is 9.23 Å². The highest BCUT2D eigenvalue weighted by molar-refractivity contribution is 5.67. The van der Waals surface area contributed by atoms with Crippen molar-refractivity contribution in [2.45, 2.75) is 32.1 Å². The molecule has 0 heterocycles. The van der Waals surface area contributed by atoms with E-state index in [1.165, 1.54) is 22.3 Å². The molecular weight excluding hydrogens is 256 g/mol. The summed E-state index contributed by atoms with van der Waals surface area (Å²) in [5.74, 6) is 1.31. The maximum atomic E-state index is 5.80. The molecule has 0 spiro atoms. The molecule has 0 amide bonds. The highest BCUT2D eigenvalue weighted by atomic mass is 16.5. The summed E-state index contributed by atoms with van der Waals surface area (Å²) in [6, 6.07) is 15.1. The zero-order chi connectivity index (χ0) is 15.0. The first-order valence-electron chi connectivity index (χ1n) is 7.47. The van der Waals surface area contributed by atoms with Crippen LogP contribution in [0, 0.1) is 0 Å². The normalized spacial score (nSPS) is 16.9. The van der Waals surface area contributed by atoms with E-state index in [0.717, 1.165) is 5.75 Å². The van der Waals surface area contributed by atoms with E-state index in [1.54, 1.807) is 7.11 Å². The van der Waals surface area contributed by atoms with Gasteiger partial charge in [0.25, 0.3) is 0 Å². The Morgan fingerprint density at radius 1 is 0.905 bits per heavy atom. The molecule has 1 heteroatoms. The first kappa shape index (κ1) is 13.9. The van der Waals surface area contributed by atoms with Crippen LogP contribution in [0.25, 0.3) is 6.08 Å². The van der Waals surface area contributed by atoms with Gasteiger partial charge in [0.15, 0.2) is 0 Å². The zero-order valence-corrected chi connectivity index (χ0v) is 13.2.